The van der Waals surface area contributed by atoms with Crippen molar-refractivity contribution in [2.24, 2.45) is 23.7 Å². The Morgan fingerprint density at radius 3 is 2.52 bits per heavy atom. The number of nitrogens with one attached hydrogen (secondary N) is 2. The fourth-order valence-electron chi connectivity index (χ4n) is 4.14. The van der Waals surface area contributed by atoms with Crippen LogP contribution in [0, 0.1) is 23.7 Å². The molecule has 0 spiro atoms. The van der Waals surface area contributed by atoms with Gasteiger partial charge < -0.3 is 10.6 Å². The Morgan fingerprint density at radius 2 is 2.00 bits per heavy atom. The first kappa shape index (κ1) is 16.3. The average Bonchev–Trinajstić information content (AvgIpc) is 3.06. The van der Waals surface area contributed by atoms with Gasteiger partial charge in [0.2, 0.25) is 11.8 Å². The van der Waals surface area contributed by atoms with E-state index in [0.29, 0.717) is 0 Å². The van der Waals surface area contributed by atoms with Gasteiger partial charge in [0, 0.05) is 13.5 Å². The van der Waals surface area contributed by atoms with E-state index in [1.54, 1.807) is 0 Å². The van der Waals surface area contributed by atoms with E-state index in [4.69, 9.17) is 0 Å². The van der Waals surface area contributed by atoms with Crippen LogP contribution in [0.25, 0.3) is 0 Å². The normalized spacial score (nSPS) is 30.0. The topological polar surface area (TPSA) is 58.2 Å². The van der Waals surface area contributed by atoms with Crippen LogP contribution in [0.2, 0.25) is 0 Å². The van der Waals surface area contributed by atoms with E-state index >= 15 is 0 Å². The van der Waals surface area contributed by atoms with Crippen molar-refractivity contribution in [1.29, 1.82) is 0 Å². The summed E-state index contributed by atoms with van der Waals surface area (Å²) >= 11 is 0. The molecule has 0 unspecified atom stereocenters. The van der Waals surface area contributed by atoms with Crippen molar-refractivity contribution in [3.8, 4) is 0 Å². The molecule has 2 aliphatic rings. The number of carbonyl (C=O) groups excluding carboxylic acids is 2. The Labute approximate surface area is 128 Å². The van der Waals surface area contributed by atoms with Crippen LogP contribution < -0.4 is 10.6 Å². The largest absolute Gasteiger partial charge is 0.354 e. The number of fused-ring (bicyclic) bond motifs is 2. The molecule has 2 bridgehead atoms. The highest BCUT2D eigenvalue weighted by molar-refractivity contribution is 5.87. The lowest BCUT2D eigenvalue weighted by Gasteiger charge is -2.25. The summed E-state index contributed by atoms with van der Waals surface area (Å²) in [5.41, 5.74) is 0. The third-order valence-corrected chi connectivity index (χ3v) is 5.55. The van der Waals surface area contributed by atoms with E-state index in [0.717, 1.165) is 37.1 Å². The molecule has 2 fully saturated rings. The predicted molar refractivity (Wildman–Crippen MR) is 83.6 cm³/mol. The maximum atomic E-state index is 12.3. The van der Waals surface area contributed by atoms with Crippen LogP contribution in [0.3, 0.4) is 0 Å². The van der Waals surface area contributed by atoms with Crippen LogP contribution in [-0.2, 0) is 9.59 Å². The highest BCUT2D eigenvalue weighted by atomic mass is 16.2. The van der Waals surface area contributed by atoms with Crippen molar-refractivity contribution >= 4 is 11.8 Å². The maximum absolute atomic E-state index is 12.3. The molecule has 4 heteroatoms. The van der Waals surface area contributed by atoms with Gasteiger partial charge >= 0.3 is 0 Å². The van der Waals surface area contributed by atoms with Crippen molar-refractivity contribution in [2.75, 3.05) is 6.54 Å². The lowest BCUT2D eigenvalue weighted by molar-refractivity contribution is -0.129. The Bertz CT molecular complexity index is 383. The SMILES string of the molecule is CC[C@H](C)[C@H](NC(C)=O)C(=O)NCC[C@@H]1C[C@H]2CC[C@H]1C2. The first-order valence-electron chi connectivity index (χ1n) is 8.56. The Kier molecular flexibility index (Phi) is 5.65. The molecule has 0 heterocycles. The van der Waals surface area contributed by atoms with Gasteiger partial charge in [0.1, 0.15) is 6.04 Å². The van der Waals surface area contributed by atoms with E-state index in [-0.39, 0.29) is 17.7 Å². The quantitative estimate of drug-likeness (QED) is 0.758. The molecule has 120 valence electrons. The van der Waals surface area contributed by atoms with Crippen LogP contribution in [-0.4, -0.2) is 24.4 Å². The average molecular weight is 294 g/mol. The van der Waals surface area contributed by atoms with E-state index in [9.17, 15) is 9.59 Å². The van der Waals surface area contributed by atoms with Gasteiger partial charge in [-0.1, -0.05) is 26.7 Å². The third-order valence-electron chi connectivity index (χ3n) is 5.55. The zero-order valence-electron chi connectivity index (χ0n) is 13.7. The Balaban J connectivity index is 1.75. The second-order valence-corrected chi connectivity index (χ2v) is 7.08. The minimum atomic E-state index is -0.396. The number of hydrogen-bond acceptors (Lipinski definition) is 2. The molecule has 2 amide bonds. The molecule has 21 heavy (non-hydrogen) atoms. The van der Waals surface area contributed by atoms with Crippen molar-refractivity contribution in [3.63, 3.8) is 0 Å². The van der Waals surface area contributed by atoms with Gasteiger partial charge in [-0.15, -0.1) is 0 Å². The first-order chi connectivity index (χ1) is 10.0. The van der Waals surface area contributed by atoms with Crippen molar-refractivity contribution in [2.45, 2.75) is 65.3 Å². The maximum Gasteiger partial charge on any atom is 0.242 e. The van der Waals surface area contributed by atoms with Crippen LogP contribution in [0.15, 0.2) is 0 Å². The summed E-state index contributed by atoms with van der Waals surface area (Å²) in [5, 5.41) is 5.82. The molecule has 4 nitrogen and oxygen atoms in total. The van der Waals surface area contributed by atoms with Gasteiger partial charge in [-0.05, 0) is 49.4 Å². The minimum Gasteiger partial charge on any atom is -0.354 e. The molecule has 2 aliphatic carbocycles. The van der Waals surface area contributed by atoms with E-state index in [1.807, 2.05) is 13.8 Å². The van der Waals surface area contributed by atoms with Crippen LogP contribution >= 0.6 is 0 Å². The smallest absolute Gasteiger partial charge is 0.242 e. The zero-order valence-corrected chi connectivity index (χ0v) is 13.7. The highest BCUT2D eigenvalue weighted by Crippen LogP contribution is 2.49. The molecule has 0 aromatic carbocycles. The number of carbonyl (C=O) groups is 2. The minimum absolute atomic E-state index is 0.0253. The van der Waals surface area contributed by atoms with Gasteiger partial charge in [0.15, 0.2) is 0 Å². The predicted octanol–water partition coefficient (Wildman–Crippen LogP) is 2.48. The summed E-state index contributed by atoms with van der Waals surface area (Å²) < 4.78 is 0. The fourth-order valence-corrected chi connectivity index (χ4v) is 4.14. The van der Waals surface area contributed by atoms with E-state index in [2.05, 4.69) is 10.6 Å². The monoisotopic (exact) mass is 294 g/mol. The zero-order chi connectivity index (χ0) is 15.4. The number of rotatable bonds is 7. The van der Waals surface area contributed by atoms with Crippen LogP contribution in [0.4, 0.5) is 0 Å². The molecule has 0 aromatic heterocycles. The van der Waals surface area contributed by atoms with Gasteiger partial charge in [-0.2, -0.15) is 0 Å². The molecule has 0 aromatic rings. The molecule has 2 saturated carbocycles. The lowest BCUT2D eigenvalue weighted by atomic mass is 9.86. The summed E-state index contributed by atoms with van der Waals surface area (Å²) in [4.78, 5) is 23.5. The number of hydrogen-bond donors (Lipinski definition) is 2. The molecule has 0 saturated heterocycles. The summed E-state index contributed by atoms with van der Waals surface area (Å²) in [7, 11) is 0. The summed E-state index contributed by atoms with van der Waals surface area (Å²) in [5.74, 6) is 2.69. The summed E-state index contributed by atoms with van der Waals surface area (Å²) in [6.07, 6.45) is 7.57. The second kappa shape index (κ2) is 7.28. The summed E-state index contributed by atoms with van der Waals surface area (Å²) in [6.45, 7) is 6.27. The van der Waals surface area contributed by atoms with Crippen molar-refractivity contribution in [3.05, 3.63) is 0 Å². The highest BCUT2D eigenvalue weighted by Gasteiger charge is 2.38. The molecule has 0 aliphatic heterocycles. The summed E-state index contributed by atoms with van der Waals surface area (Å²) in [6, 6.07) is -0.396. The van der Waals surface area contributed by atoms with Crippen LogP contribution in [0.1, 0.15) is 59.3 Å². The molecular formula is C17H30N2O2. The third kappa shape index (κ3) is 4.21. The fraction of sp³-hybridized carbons (Fsp3) is 0.882. The van der Waals surface area contributed by atoms with Crippen LogP contribution in [0.5, 0.6) is 0 Å². The standard InChI is InChI=1S/C17H30N2O2/c1-4-11(2)16(19-12(3)20)17(21)18-8-7-15-10-13-5-6-14(15)9-13/h11,13-16H,4-10H2,1-3H3,(H,18,21)(H,19,20)/t11-,13-,14-,15+,16-/m0/s1. The van der Waals surface area contributed by atoms with E-state index in [1.165, 1.54) is 32.6 Å². The second-order valence-electron chi connectivity index (χ2n) is 7.08. The molecular weight excluding hydrogens is 264 g/mol. The van der Waals surface area contributed by atoms with E-state index < -0.39 is 6.04 Å². The van der Waals surface area contributed by atoms with Gasteiger partial charge in [-0.25, -0.2) is 0 Å². The van der Waals surface area contributed by atoms with Crippen molar-refractivity contribution in [1.82, 2.24) is 10.6 Å². The molecule has 2 rings (SSSR count). The Hall–Kier alpha value is -1.06. The van der Waals surface area contributed by atoms with Gasteiger partial charge in [0.05, 0.1) is 0 Å². The van der Waals surface area contributed by atoms with Gasteiger partial charge in [-0.3, -0.25) is 9.59 Å². The molecule has 0 radical (unpaired) electrons. The number of amides is 2. The first-order valence-corrected chi connectivity index (χ1v) is 8.56. The Morgan fingerprint density at radius 1 is 1.24 bits per heavy atom. The van der Waals surface area contributed by atoms with Gasteiger partial charge in [0.25, 0.3) is 0 Å². The van der Waals surface area contributed by atoms with Crippen molar-refractivity contribution < 1.29 is 9.59 Å². The lowest BCUT2D eigenvalue weighted by Crippen LogP contribution is -2.50. The molecule has 5 atom stereocenters. The molecule has 2 N–H and O–H groups in total.